The van der Waals surface area contributed by atoms with Crippen molar-refractivity contribution in [2.75, 3.05) is 5.73 Å². The van der Waals surface area contributed by atoms with Gasteiger partial charge in [0.05, 0.1) is 6.54 Å². The van der Waals surface area contributed by atoms with Gasteiger partial charge in [0.15, 0.2) is 5.82 Å². The molecule has 2 N–H and O–H groups in total. The summed E-state index contributed by atoms with van der Waals surface area (Å²) in [4.78, 5) is 0. The van der Waals surface area contributed by atoms with Gasteiger partial charge >= 0.3 is 0 Å². The van der Waals surface area contributed by atoms with Gasteiger partial charge in [-0.25, -0.2) is 4.39 Å². The summed E-state index contributed by atoms with van der Waals surface area (Å²) in [7, 11) is 0. The molecular weight excluding hydrogens is 257 g/mol. The number of hydrogen-bond donors (Lipinski definition) is 1. The van der Waals surface area contributed by atoms with Crippen molar-refractivity contribution in [2.24, 2.45) is 0 Å². The Hall–Kier alpha value is -1.75. The van der Waals surface area contributed by atoms with E-state index >= 15 is 0 Å². The molecule has 0 aliphatic carbocycles. The summed E-state index contributed by atoms with van der Waals surface area (Å²) in [5.74, 6) is 0.787. The number of aromatic nitrogens is 2. The normalized spacial score (nSPS) is 17.6. The highest BCUT2D eigenvalue weighted by molar-refractivity contribution is 6.32. The van der Waals surface area contributed by atoms with Gasteiger partial charge in [-0.05, 0) is 18.2 Å². The van der Waals surface area contributed by atoms with E-state index in [1.807, 2.05) is 0 Å². The van der Waals surface area contributed by atoms with Crippen LogP contribution in [0.25, 0.3) is 0 Å². The Kier molecular flexibility index (Phi) is 2.63. The number of rotatable bonds is 2. The molecule has 1 aromatic heterocycles. The van der Waals surface area contributed by atoms with Crippen LogP contribution in [0.15, 0.2) is 24.4 Å². The predicted molar refractivity (Wildman–Crippen MR) is 66.2 cm³/mol. The van der Waals surface area contributed by atoms with E-state index in [1.165, 1.54) is 12.1 Å². The van der Waals surface area contributed by atoms with Crippen LogP contribution in [0.2, 0.25) is 5.02 Å². The lowest BCUT2D eigenvalue weighted by Crippen LogP contribution is -2.21. The first-order chi connectivity index (χ1) is 8.61. The van der Waals surface area contributed by atoms with Crippen molar-refractivity contribution in [2.45, 2.75) is 19.1 Å². The summed E-state index contributed by atoms with van der Waals surface area (Å²) in [6.07, 6.45) is 2.24. The Morgan fingerprint density at radius 1 is 1.56 bits per heavy atom. The Bertz CT molecular complexity index is 580. The summed E-state index contributed by atoms with van der Waals surface area (Å²) in [5, 5.41) is 4.49. The maximum atomic E-state index is 13.1. The molecule has 0 radical (unpaired) electrons. The quantitative estimate of drug-likeness (QED) is 0.908. The molecule has 1 unspecified atom stereocenters. The van der Waals surface area contributed by atoms with Crippen LogP contribution in [-0.2, 0) is 13.0 Å². The molecule has 1 aliphatic rings. The number of anilines is 1. The van der Waals surface area contributed by atoms with E-state index in [2.05, 4.69) is 5.10 Å². The molecule has 0 bridgehead atoms. The fourth-order valence-corrected chi connectivity index (χ4v) is 2.26. The average molecular weight is 268 g/mol. The molecule has 3 rings (SSSR count). The van der Waals surface area contributed by atoms with Gasteiger partial charge in [-0.15, -0.1) is 0 Å². The predicted octanol–water partition coefficient (Wildman–Crippen LogP) is 2.26. The number of halogens is 2. The molecule has 1 aromatic carbocycles. The molecule has 1 atom stereocenters. The van der Waals surface area contributed by atoms with Crippen LogP contribution in [0.3, 0.4) is 0 Å². The monoisotopic (exact) mass is 267 g/mol. The minimum Gasteiger partial charge on any atom is -0.488 e. The van der Waals surface area contributed by atoms with Crippen LogP contribution < -0.4 is 10.5 Å². The third-order valence-electron chi connectivity index (χ3n) is 2.90. The van der Waals surface area contributed by atoms with Crippen LogP contribution in [0.5, 0.6) is 5.75 Å². The topological polar surface area (TPSA) is 53.1 Å². The summed E-state index contributed by atoms with van der Waals surface area (Å²) in [6.45, 7) is 0.535. The average Bonchev–Trinajstić information content (AvgIpc) is 2.82. The van der Waals surface area contributed by atoms with Crippen LogP contribution >= 0.6 is 11.6 Å². The molecule has 0 fully saturated rings. The van der Waals surface area contributed by atoms with Crippen molar-refractivity contribution in [3.8, 4) is 5.75 Å². The maximum Gasteiger partial charge on any atom is 0.164 e. The third kappa shape index (κ3) is 2.01. The number of fused-ring (bicyclic) bond motifs is 1. The van der Waals surface area contributed by atoms with Crippen LogP contribution in [0, 0.1) is 5.82 Å². The molecule has 0 saturated heterocycles. The second-order valence-corrected chi connectivity index (χ2v) is 4.69. The van der Waals surface area contributed by atoms with Gasteiger partial charge in [0.2, 0.25) is 0 Å². The summed E-state index contributed by atoms with van der Waals surface area (Å²) in [6, 6.07) is 4.54. The van der Waals surface area contributed by atoms with Gasteiger partial charge in [0.1, 0.15) is 22.7 Å². The molecule has 0 saturated carbocycles. The first-order valence-electron chi connectivity index (χ1n) is 5.55. The summed E-state index contributed by atoms with van der Waals surface area (Å²) >= 11 is 5.83. The molecular formula is C12H11ClFN3O. The first-order valence-corrected chi connectivity index (χ1v) is 5.93. The lowest BCUT2D eigenvalue weighted by atomic mass is 10.1. The molecule has 2 aromatic rings. The molecule has 18 heavy (non-hydrogen) atoms. The lowest BCUT2D eigenvalue weighted by Gasteiger charge is -2.10. The number of nitrogens with two attached hydrogens (primary N) is 1. The van der Waals surface area contributed by atoms with Gasteiger partial charge in [-0.2, -0.15) is 5.10 Å². The van der Waals surface area contributed by atoms with Crippen LogP contribution in [0.4, 0.5) is 10.2 Å². The molecule has 0 amide bonds. The van der Waals surface area contributed by atoms with Crippen molar-refractivity contribution in [3.63, 3.8) is 0 Å². The highest BCUT2D eigenvalue weighted by atomic mass is 35.5. The standard InChI is InChI=1S/C12H11ClFN3O/c13-10-6-17(16-12(10)15)5-9-4-7-3-8(14)1-2-11(7)18-9/h1-3,6,9H,4-5H2,(H2,15,16). The number of benzene rings is 1. The summed E-state index contributed by atoms with van der Waals surface area (Å²) < 4.78 is 20.4. The molecule has 1 aliphatic heterocycles. The SMILES string of the molecule is Nc1nn(CC2Cc3cc(F)ccc3O2)cc1Cl. The van der Waals surface area contributed by atoms with Crippen LogP contribution in [-0.4, -0.2) is 15.9 Å². The van der Waals surface area contributed by atoms with Crippen molar-refractivity contribution in [1.29, 1.82) is 0 Å². The van der Waals surface area contributed by atoms with Crippen molar-refractivity contribution in [1.82, 2.24) is 9.78 Å². The zero-order valence-corrected chi connectivity index (χ0v) is 10.2. The number of hydrogen-bond acceptors (Lipinski definition) is 3. The van der Waals surface area contributed by atoms with E-state index in [0.29, 0.717) is 23.8 Å². The van der Waals surface area contributed by atoms with Gasteiger partial charge < -0.3 is 10.5 Å². The van der Waals surface area contributed by atoms with E-state index in [9.17, 15) is 4.39 Å². The summed E-state index contributed by atoms with van der Waals surface area (Å²) in [5.41, 5.74) is 6.45. The number of nitrogens with zero attached hydrogens (tertiary/aromatic N) is 2. The van der Waals surface area contributed by atoms with E-state index < -0.39 is 0 Å². The second kappa shape index (κ2) is 4.17. The van der Waals surface area contributed by atoms with Crippen LogP contribution in [0.1, 0.15) is 5.56 Å². The molecule has 6 heteroatoms. The largest absolute Gasteiger partial charge is 0.488 e. The lowest BCUT2D eigenvalue weighted by molar-refractivity contribution is 0.203. The molecule has 4 nitrogen and oxygen atoms in total. The molecule has 94 valence electrons. The minimum atomic E-state index is -0.246. The van der Waals surface area contributed by atoms with Gasteiger partial charge in [-0.3, -0.25) is 4.68 Å². The third-order valence-corrected chi connectivity index (χ3v) is 3.19. The number of ether oxygens (including phenoxy) is 1. The second-order valence-electron chi connectivity index (χ2n) is 4.28. The Morgan fingerprint density at radius 2 is 2.39 bits per heavy atom. The van der Waals surface area contributed by atoms with E-state index in [1.54, 1.807) is 16.9 Å². The fourth-order valence-electron chi connectivity index (χ4n) is 2.10. The van der Waals surface area contributed by atoms with E-state index in [-0.39, 0.29) is 11.9 Å². The molecule has 2 heterocycles. The van der Waals surface area contributed by atoms with E-state index in [0.717, 1.165) is 11.3 Å². The smallest absolute Gasteiger partial charge is 0.164 e. The number of nitrogen functional groups attached to an aromatic ring is 1. The van der Waals surface area contributed by atoms with E-state index in [4.69, 9.17) is 22.1 Å². The Balaban J connectivity index is 1.74. The van der Waals surface area contributed by atoms with Crippen molar-refractivity contribution < 1.29 is 9.13 Å². The zero-order valence-electron chi connectivity index (χ0n) is 9.44. The van der Waals surface area contributed by atoms with Crippen molar-refractivity contribution in [3.05, 3.63) is 40.8 Å². The zero-order chi connectivity index (χ0) is 12.7. The van der Waals surface area contributed by atoms with Gasteiger partial charge in [0, 0.05) is 18.2 Å². The first kappa shape index (κ1) is 11.3. The fraction of sp³-hybridized carbons (Fsp3) is 0.250. The Labute approximate surface area is 108 Å². The highest BCUT2D eigenvalue weighted by Gasteiger charge is 2.24. The molecule has 0 spiro atoms. The van der Waals surface area contributed by atoms with Gasteiger partial charge in [-0.1, -0.05) is 11.6 Å². The minimum absolute atomic E-state index is 0.0721. The Morgan fingerprint density at radius 3 is 3.11 bits per heavy atom. The van der Waals surface area contributed by atoms with Gasteiger partial charge in [0.25, 0.3) is 0 Å². The maximum absolute atomic E-state index is 13.1. The highest BCUT2D eigenvalue weighted by Crippen LogP contribution is 2.30. The van der Waals surface area contributed by atoms with Crippen molar-refractivity contribution >= 4 is 17.4 Å².